The highest BCUT2D eigenvalue weighted by molar-refractivity contribution is 5.96. The normalized spacial score (nSPS) is 17.0. The van der Waals surface area contributed by atoms with Crippen LogP contribution in [-0.4, -0.2) is 46.1 Å². The maximum absolute atomic E-state index is 12.5. The largest absolute Gasteiger partial charge is 0.343 e. The van der Waals surface area contributed by atoms with Gasteiger partial charge in [-0.25, -0.2) is 0 Å². The molecule has 1 aliphatic rings. The molecule has 1 aromatic carbocycles. The molecular weight excluding hydrogens is 352 g/mol. The lowest BCUT2D eigenvalue weighted by molar-refractivity contribution is -0.129. The Morgan fingerprint density at radius 1 is 1.21 bits per heavy atom. The first-order valence-electron chi connectivity index (χ1n) is 9.86. The molecule has 1 atom stereocenters. The maximum Gasteiger partial charge on any atom is 0.251 e. The van der Waals surface area contributed by atoms with Crippen molar-refractivity contribution < 1.29 is 9.59 Å². The van der Waals surface area contributed by atoms with Gasteiger partial charge in [-0.15, -0.1) is 0 Å². The zero-order valence-electron chi connectivity index (χ0n) is 17.2. The van der Waals surface area contributed by atoms with Crippen LogP contribution in [0.5, 0.6) is 0 Å². The molecule has 0 saturated carbocycles. The number of nitrogens with zero attached hydrogens (tertiary/aromatic N) is 3. The Morgan fingerprint density at radius 3 is 2.54 bits per heavy atom. The molecule has 28 heavy (non-hydrogen) atoms. The highest BCUT2D eigenvalue weighted by Gasteiger charge is 2.26. The minimum atomic E-state index is -0.208. The summed E-state index contributed by atoms with van der Waals surface area (Å²) in [5.41, 5.74) is 3.01. The van der Waals surface area contributed by atoms with Gasteiger partial charge in [-0.2, -0.15) is 5.10 Å². The fourth-order valence-electron chi connectivity index (χ4n) is 3.63. The van der Waals surface area contributed by atoms with E-state index in [1.807, 2.05) is 48.6 Å². The van der Waals surface area contributed by atoms with Gasteiger partial charge in [-0.1, -0.05) is 32.9 Å². The summed E-state index contributed by atoms with van der Waals surface area (Å²) in [5, 5.41) is 6.96. The van der Waals surface area contributed by atoms with E-state index in [0.717, 1.165) is 25.9 Å². The molecule has 1 aromatic heterocycles. The number of rotatable bonds is 5. The molecule has 1 saturated heterocycles. The van der Waals surface area contributed by atoms with Crippen LogP contribution >= 0.6 is 0 Å². The molecule has 0 aliphatic carbocycles. The number of carbonyl (C=O) groups is 2. The van der Waals surface area contributed by atoms with Crippen LogP contribution in [0.25, 0.3) is 0 Å². The first-order chi connectivity index (χ1) is 13.2. The lowest BCUT2D eigenvalue weighted by Crippen LogP contribution is -2.39. The van der Waals surface area contributed by atoms with Crippen LogP contribution in [0.15, 0.2) is 36.7 Å². The van der Waals surface area contributed by atoms with E-state index in [2.05, 4.69) is 31.2 Å². The number of benzene rings is 1. The van der Waals surface area contributed by atoms with Crippen molar-refractivity contribution in [2.24, 2.45) is 13.0 Å². The highest BCUT2D eigenvalue weighted by Crippen LogP contribution is 2.22. The van der Waals surface area contributed by atoms with Gasteiger partial charge in [0.2, 0.25) is 5.91 Å². The Hall–Kier alpha value is -2.63. The molecule has 1 aliphatic heterocycles. The average Bonchev–Trinajstić information content (AvgIpc) is 3.28. The second-order valence-corrected chi connectivity index (χ2v) is 8.73. The van der Waals surface area contributed by atoms with E-state index in [1.165, 1.54) is 11.1 Å². The van der Waals surface area contributed by atoms with Crippen LogP contribution in [0, 0.1) is 5.92 Å². The molecule has 150 valence electrons. The Balaban J connectivity index is 1.46. The molecule has 6 heteroatoms. The summed E-state index contributed by atoms with van der Waals surface area (Å²) in [5.74, 6) is 0.224. The summed E-state index contributed by atoms with van der Waals surface area (Å²) < 4.78 is 1.80. The SMILES string of the molecule is Cn1cc(CC2CCN(C(=O)CNC(=O)c3ccc(C(C)(C)C)cc3)C2)cn1. The third-order valence-corrected chi connectivity index (χ3v) is 5.33. The van der Waals surface area contributed by atoms with Crippen LogP contribution in [0.4, 0.5) is 0 Å². The second kappa shape index (κ2) is 8.17. The zero-order chi connectivity index (χ0) is 20.3. The van der Waals surface area contributed by atoms with E-state index in [4.69, 9.17) is 0 Å². The van der Waals surface area contributed by atoms with Gasteiger partial charge in [0.15, 0.2) is 0 Å². The van der Waals surface area contributed by atoms with Crippen molar-refractivity contribution in [3.05, 3.63) is 53.3 Å². The standard InChI is InChI=1S/C22H30N4O2/c1-22(2,3)19-7-5-18(6-8-19)21(28)23-13-20(27)26-10-9-16(15-26)11-17-12-24-25(4)14-17/h5-8,12,14,16H,9-11,13,15H2,1-4H3,(H,23,28). The van der Waals surface area contributed by atoms with Crippen LogP contribution < -0.4 is 5.32 Å². The smallest absolute Gasteiger partial charge is 0.251 e. The van der Waals surface area contributed by atoms with Gasteiger partial charge in [0.1, 0.15) is 0 Å². The van der Waals surface area contributed by atoms with Crippen molar-refractivity contribution in [3.8, 4) is 0 Å². The van der Waals surface area contributed by atoms with E-state index in [0.29, 0.717) is 11.5 Å². The fourth-order valence-corrected chi connectivity index (χ4v) is 3.63. The predicted molar refractivity (Wildman–Crippen MR) is 109 cm³/mol. The molecule has 1 fully saturated rings. The van der Waals surface area contributed by atoms with Crippen LogP contribution in [0.3, 0.4) is 0 Å². The number of aryl methyl sites for hydroxylation is 1. The molecule has 6 nitrogen and oxygen atoms in total. The third-order valence-electron chi connectivity index (χ3n) is 5.33. The number of likely N-dealkylation sites (tertiary alicyclic amines) is 1. The topological polar surface area (TPSA) is 67.2 Å². The number of amides is 2. The molecular formula is C22H30N4O2. The van der Waals surface area contributed by atoms with Gasteiger partial charge in [0.05, 0.1) is 12.7 Å². The zero-order valence-corrected chi connectivity index (χ0v) is 17.2. The minimum Gasteiger partial charge on any atom is -0.343 e. The molecule has 3 rings (SSSR count). The molecule has 0 bridgehead atoms. The molecule has 0 spiro atoms. The molecule has 1 unspecified atom stereocenters. The lowest BCUT2D eigenvalue weighted by Gasteiger charge is -2.19. The van der Waals surface area contributed by atoms with Crippen molar-refractivity contribution in [1.29, 1.82) is 0 Å². The summed E-state index contributed by atoms with van der Waals surface area (Å²) in [7, 11) is 1.91. The Labute approximate surface area is 166 Å². The van der Waals surface area contributed by atoms with E-state index in [9.17, 15) is 9.59 Å². The highest BCUT2D eigenvalue weighted by atomic mass is 16.2. The fraction of sp³-hybridized carbons (Fsp3) is 0.500. The van der Waals surface area contributed by atoms with Gasteiger partial charge < -0.3 is 10.2 Å². The van der Waals surface area contributed by atoms with E-state index in [1.54, 1.807) is 4.68 Å². The van der Waals surface area contributed by atoms with E-state index >= 15 is 0 Å². The van der Waals surface area contributed by atoms with Gasteiger partial charge in [-0.3, -0.25) is 14.3 Å². The van der Waals surface area contributed by atoms with Crippen LogP contribution in [0.1, 0.15) is 48.7 Å². The summed E-state index contributed by atoms with van der Waals surface area (Å²) in [4.78, 5) is 26.7. The third kappa shape index (κ3) is 5.00. The van der Waals surface area contributed by atoms with Crippen molar-refractivity contribution in [1.82, 2.24) is 20.0 Å². The summed E-state index contributed by atoms with van der Waals surface area (Å²) in [6.45, 7) is 7.94. The number of hydrogen-bond acceptors (Lipinski definition) is 3. The van der Waals surface area contributed by atoms with Gasteiger partial charge in [0, 0.05) is 31.9 Å². The molecule has 2 amide bonds. The predicted octanol–water partition coefficient (Wildman–Crippen LogP) is 2.54. The van der Waals surface area contributed by atoms with Crippen molar-refractivity contribution in [3.63, 3.8) is 0 Å². The van der Waals surface area contributed by atoms with Crippen molar-refractivity contribution in [2.45, 2.75) is 39.0 Å². The lowest BCUT2D eigenvalue weighted by atomic mass is 9.87. The van der Waals surface area contributed by atoms with Crippen LogP contribution in [-0.2, 0) is 23.7 Å². The summed E-state index contributed by atoms with van der Waals surface area (Å²) >= 11 is 0. The number of carbonyl (C=O) groups excluding carboxylic acids is 2. The Kier molecular flexibility index (Phi) is 5.87. The Morgan fingerprint density at radius 2 is 1.93 bits per heavy atom. The first-order valence-corrected chi connectivity index (χ1v) is 9.86. The van der Waals surface area contributed by atoms with Crippen LogP contribution in [0.2, 0.25) is 0 Å². The number of aromatic nitrogens is 2. The monoisotopic (exact) mass is 382 g/mol. The molecule has 1 N–H and O–H groups in total. The quantitative estimate of drug-likeness (QED) is 0.864. The van der Waals surface area contributed by atoms with Gasteiger partial charge >= 0.3 is 0 Å². The van der Waals surface area contributed by atoms with Crippen molar-refractivity contribution >= 4 is 11.8 Å². The van der Waals surface area contributed by atoms with Gasteiger partial charge in [0.25, 0.3) is 5.91 Å². The first kappa shape index (κ1) is 20.1. The van der Waals surface area contributed by atoms with E-state index < -0.39 is 0 Å². The average molecular weight is 383 g/mol. The minimum absolute atomic E-state index is 0.0200. The van der Waals surface area contributed by atoms with Crippen molar-refractivity contribution in [2.75, 3.05) is 19.6 Å². The number of hydrogen-bond donors (Lipinski definition) is 1. The number of nitrogens with one attached hydrogen (secondary N) is 1. The maximum atomic E-state index is 12.5. The van der Waals surface area contributed by atoms with E-state index in [-0.39, 0.29) is 23.8 Å². The Bertz CT molecular complexity index is 833. The second-order valence-electron chi connectivity index (χ2n) is 8.73. The van der Waals surface area contributed by atoms with Gasteiger partial charge in [-0.05, 0) is 47.4 Å². The summed E-state index contributed by atoms with van der Waals surface area (Å²) in [6, 6.07) is 7.58. The molecule has 2 aromatic rings. The molecule has 2 heterocycles. The summed E-state index contributed by atoms with van der Waals surface area (Å²) in [6.07, 6.45) is 5.83. The molecule has 0 radical (unpaired) electrons.